The highest BCUT2D eigenvalue weighted by atomic mass is 15.2. The first kappa shape index (κ1) is 14.8. The summed E-state index contributed by atoms with van der Waals surface area (Å²) in [5.74, 6) is 0. The van der Waals surface area contributed by atoms with E-state index in [1.165, 1.54) is 19.4 Å². The number of hydrogen-bond donors (Lipinski definition) is 1. The fourth-order valence-electron chi connectivity index (χ4n) is 3.55. The summed E-state index contributed by atoms with van der Waals surface area (Å²) in [4.78, 5) is 4.98. The quantitative estimate of drug-likeness (QED) is 0.788. The maximum atomic E-state index is 9.60. The molecular weight excluding hydrogens is 236 g/mol. The van der Waals surface area contributed by atoms with Crippen molar-refractivity contribution < 1.29 is 0 Å². The van der Waals surface area contributed by atoms with E-state index in [0.29, 0.717) is 6.04 Å². The lowest BCUT2D eigenvalue weighted by molar-refractivity contribution is 0.134. The summed E-state index contributed by atoms with van der Waals surface area (Å²) >= 11 is 0. The van der Waals surface area contributed by atoms with Crippen molar-refractivity contribution in [2.45, 2.75) is 51.1 Å². The molecule has 0 bridgehead atoms. The van der Waals surface area contributed by atoms with E-state index in [0.717, 1.165) is 45.6 Å². The minimum atomic E-state index is -0.265. The predicted octanol–water partition coefficient (Wildman–Crippen LogP) is 1.44. The van der Waals surface area contributed by atoms with E-state index in [9.17, 15) is 5.26 Å². The standard InChI is InChI=1S/C15H28N4/c1-3-18(4-2)11-8-17-15(13-16)7-10-19-9-5-6-14(19)12-15/h14,17H,3-12H2,1-2H3. The van der Waals surface area contributed by atoms with Crippen LogP contribution < -0.4 is 5.32 Å². The Morgan fingerprint density at radius 1 is 1.37 bits per heavy atom. The molecule has 4 heteroatoms. The summed E-state index contributed by atoms with van der Waals surface area (Å²) in [5.41, 5.74) is -0.265. The summed E-state index contributed by atoms with van der Waals surface area (Å²) in [6, 6.07) is 3.23. The largest absolute Gasteiger partial charge is 0.303 e. The molecule has 2 unspecified atom stereocenters. The summed E-state index contributed by atoms with van der Waals surface area (Å²) in [5, 5.41) is 13.2. The van der Waals surface area contributed by atoms with Crippen molar-refractivity contribution in [1.29, 1.82) is 5.26 Å². The second-order valence-electron chi connectivity index (χ2n) is 5.93. The molecule has 2 saturated heterocycles. The van der Waals surface area contributed by atoms with E-state index in [4.69, 9.17) is 0 Å². The van der Waals surface area contributed by atoms with Crippen LogP contribution >= 0.6 is 0 Å². The zero-order valence-electron chi connectivity index (χ0n) is 12.5. The Bertz CT molecular complexity index is 321. The number of piperidine rings is 1. The van der Waals surface area contributed by atoms with Crippen LogP contribution in [0.4, 0.5) is 0 Å². The van der Waals surface area contributed by atoms with Crippen molar-refractivity contribution >= 4 is 0 Å². The summed E-state index contributed by atoms with van der Waals surface area (Å²) in [6.45, 7) is 10.9. The zero-order chi connectivity index (χ0) is 13.7. The lowest BCUT2D eigenvalue weighted by atomic mass is 9.84. The molecule has 2 heterocycles. The lowest BCUT2D eigenvalue weighted by Gasteiger charge is -2.40. The summed E-state index contributed by atoms with van der Waals surface area (Å²) < 4.78 is 0. The van der Waals surface area contributed by atoms with Crippen molar-refractivity contribution in [1.82, 2.24) is 15.1 Å². The van der Waals surface area contributed by atoms with Crippen molar-refractivity contribution in [3.8, 4) is 6.07 Å². The first-order valence-corrected chi connectivity index (χ1v) is 7.85. The molecule has 2 aliphatic heterocycles. The molecular formula is C15H28N4. The molecule has 0 amide bonds. The van der Waals surface area contributed by atoms with Gasteiger partial charge in [0, 0.05) is 25.7 Å². The van der Waals surface area contributed by atoms with Crippen LogP contribution in [0, 0.1) is 11.3 Å². The predicted molar refractivity (Wildman–Crippen MR) is 78.0 cm³/mol. The lowest BCUT2D eigenvalue weighted by Crippen LogP contribution is -2.56. The number of rotatable bonds is 6. The van der Waals surface area contributed by atoms with Crippen LogP contribution in [0.2, 0.25) is 0 Å². The van der Waals surface area contributed by atoms with Gasteiger partial charge in [-0.2, -0.15) is 5.26 Å². The molecule has 108 valence electrons. The van der Waals surface area contributed by atoms with Crippen LogP contribution in [0.1, 0.15) is 39.5 Å². The molecule has 2 atom stereocenters. The summed E-state index contributed by atoms with van der Waals surface area (Å²) in [7, 11) is 0. The number of likely N-dealkylation sites (N-methyl/N-ethyl adjacent to an activating group) is 1. The van der Waals surface area contributed by atoms with Crippen LogP contribution in [0.5, 0.6) is 0 Å². The van der Waals surface area contributed by atoms with Gasteiger partial charge in [-0.1, -0.05) is 13.8 Å². The summed E-state index contributed by atoms with van der Waals surface area (Å²) in [6.07, 6.45) is 4.59. The fourth-order valence-corrected chi connectivity index (χ4v) is 3.55. The SMILES string of the molecule is CCN(CC)CCNC1(C#N)CCN2CCCC2C1. The first-order chi connectivity index (χ1) is 9.23. The number of hydrogen-bond acceptors (Lipinski definition) is 4. The average molecular weight is 264 g/mol. The van der Waals surface area contributed by atoms with Gasteiger partial charge < -0.3 is 9.80 Å². The van der Waals surface area contributed by atoms with Crippen LogP contribution in [0.3, 0.4) is 0 Å². The molecule has 0 aromatic carbocycles. The number of fused-ring (bicyclic) bond motifs is 1. The van der Waals surface area contributed by atoms with Gasteiger partial charge in [0.05, 0.1) is 6.07 Å². The Morgan fingerprint density at radius 2 is 2.16 bits per heavy atom. The maximum Gasteiger partial charge on any atom is 0.109 e. The minimum Gasteiger partial charge on any atom is -0.303 e. The molecule has 2 aliphatic rings. The van der Waals surface area contributed by atoms with E-state index in [1.807, 2.05) is 0 Å². The second-order valence-corrected chi connectivity index (χ2v) is 5.93. The first-order valence-electron chi connectivity index (χ1n) is 7.85. The smallest absolute Gasteiger partial charge is 0.109 e. The van der Waals surface area contributed by atoms with Gasteiger partial charge in [0.15, 0.2) is 0 Å². The molecule has 0 spiro atoms. The molecule has 0 aromatic heterocycles. The van der Waals surface area contributed by atoms with Gasteiger partial charge >= 0.3 is 0 Å². The fraction of sp³-hybridized carbons (Fsp3) is 0.933. The van der Waals surface area contributed by atoms with E-state index in [2.05, 4.69) is 35.0 Å². The average Bonchev–Trinajstić information content (AvgIpc) is 2.91. The third kappa shape index (κ3) is 3.47. The molecule has 0 radical (unpaired) electrons. The molecule has 1 N–H and O–H groups in total. The van der Waals surface area contributed by atoms with Crippen LogP contribution in [0.15, 0.2) is 0 Å². The highest BCUT2D eigenvalue weighted by Crippen LogP contribution is 2.32. The third-order valence-corrected chi connectivity index (χ3v) is 4.91. The zero-order valence-corrected chi connectivity index (χ0v) is 12.5. The number of nitrogens with one attached hydrogen (secondary N) is 1. The molecule has 4 nitrogen and oxygen atoms in total. The van der Waals surface area contributed by atoms with Crippen LogP contribution in [-0.4, -0.2) is 60.6 Å². The van der Waals surface area contributed by atoms with Crippen molar-refractivity contribution in [2.75, 3.05) is 39.3 Å². The Balaban J connectivity index is 1.84. The molecule has 0 aliphatic carbocycles. The van der Waals surface area contributed by atoms with Gasteiger partial charge in [-0.15, -0.1) is 0 Å². The number of nitrogens with zero attached hydrogens (tertiary/aromatic N) is 3. The maximum absolute atomic E-state index is 9.60. The van der Waals surface area contributed by atoms with Gasteiger partial charge in [0.25, 0.3) is 0 Å². The second kappa shape index (κ2) is 6.69. The molecule has 2 fully saturated rings. The topological polar surface area (TPSA) is 42.3 Å². The third-order valence-electron chi connectivity index (χ3n) is 4.91. The van der Waals surface area contributed by atoms with Gasteiger partial charge in [-0.05, 0) is 45.3 Å². The molecule has 0 saturated carbocycles. The molecule has 0 aromatic rings. The highest BCUT2D eigenvalue weighted by molar-refractivity contribution is 5.12. The van der Waals surface area contributed by atoms with Crippen molar-refractivity contribution in [3.05, 3.63) is 0 Å². The van der Waals surface area contributed by atoms with E-state index >= 15 is 0 Å². The highest BCUT2D eigenvalue weighted by Gasteiger charge is 2.41. The van der Waals surface area contributed by atoms with Crippen molar-refractivity contribution in [3.63, 3.8) is 0 Å². The Kier molecular flexibility index (Phi) is 5.20. The van der Waals surface area contributed by atoms with Gasteiger partial charge in [0.2, 0.25) is 0 Å². The van der Waals surface area contributed by atoms with E-state index in [-0.39, 0.29) is 5.54 Å². The van der Waals surface area contributed by atoms with Crippen LogP contribution in [-0.2, 0) is 0 Å². The van der Waals surface area contributed by atoms with E-state index < -0.39 is 0 Å². The Labute approximate surface area is 117 Å². The Morgan fingerprint density at radius 3 is 2.84 bits per heavy atom. The van der Waals surface area contributed by atoms with Crippen molar-refractivity contribution in [2.24, 2.45) is 0 Å². The minimum absolute atomic E-state index is 0.265. The normalized spacial score (nSPS) is 31.4. The number of nitriles is 1. The molecule has 2 rings (SSSR count). The Hall–Kier alpha value is -0.630. The monoisotopic (exact) mass is 264 g/mol. The van der Waals surface area contributed by atoms with E-state index in [1.54, 1.807) is 0 Å². The van der Waals surface area contributed by atoms with Gasteiger partial charge in [-0.25, -0.2) is 0 Å². The van der Waals surface area contributed by atoms with Crippen LogP contribution in [0.25, 0.3) is 0 Å². The van der Waals surface area contributed by atoms with Gasteiger partial charge in [0.1, 0.15) is 5.54 Å². The molecule has 19 heavy (non-hydrogen) atoms. The van der Waals surface area contributed by atoms with Gasteiger partial charge in [-0.3, -0.25) is 5.32 Å².